The van der Waals surface area contributed by atoms with Crippen molar-refractivity contribution < 1.29 is 27.5 Å². The summed E-state index contributed by atoms with van der Waals surface area (Å²) < 4.78 is 39.5. The molecule has 2 amide bonds. The van der Waals surface area contributed by atoms with Gasteiger partial charge < -0.3 is 19.7 Å². The van der Waals surface area contributed by atoms with E-state index in [2.05, 4.69) is 5.32 Å². The molecule has 0 bridgehead atoms. The first-order valence-corrected chi connectivity index (χ1v) is 15.4. The number of hydrogen-bond acceptors (Lipinski definition) is 6. The number of sulfonamides is 1. The summed E-state index contributed by atoms with van der Waals surface area (Å²) in [6.07, 6.45) is 0.319. The minimum atomic E-state index is -4.21. The molecule has 0 saturated carbocycles. The maximum atomic E-state index is 14.2. The van der Waals surface area contributed by atoms with Crippen LogP contribution in [0.5, 0.6) is 11.5 Å². The normalized spacial score (nSPS) is 12.0. The molecule has 1 N–H and O–H groups in total. The second-order valence-corrected chi connectivity index (χ2v) is 12.3. The van der Waals surface area contributed by atoms with E-state index in [1.165, 1.54) is 42.3 Å². The van der Waals surface area contributed by atoms with Crippen molar-refractivity contribution >= 4 is 39.1 Å². The van der Waals surface area contributed by atoms with Crippen LogP contribution in [0.4, 0.5) is 5.69 Å². The van der Waals surface area contributed by atoms with Crippen LogP contribution >= 0.6 is 11.6 Å². The van der Waals surface area contributed by atoms with Gasteiger partial charge in [-0.15, -0.1) is 0 Å². The Balaban J connectivity index is 2.08. The average Bonchev–Trinajstić information content (AvgIpc) is 2.98. The van der Waals surface area contributed by atoms with Crippen molar-refractivity contribution in [1.29, 1.82) is 0 Å². The zero-order valence-electron chi connectivity index (χ0n) is 24.5. The number of nitrogens with zero attached hydrogens (tertiary/aromatic N) is 2. The second kappa shape index (κ2) is 14.9. The van der Waals surface area contributed by atoms with Crippen molar-refractivity contribution in [1.82, 2.24) is 10.2 Å². The highest BCUT2D eigenvalue weighted by atomic mass is 35.5. The number of benzene rings is 3. The fourth-order valence-electron chi connectivity index (χ4n) is 4.37. The summed E-state index contributed by atoms with van der Waals surface area (Å²) in [6, 6.07) is 18.7. The van der Waals surface area contributed by atoms with Crippen LogP contribution in [0.2, 0.25) is 5.02 Å². The van der Waals surface area contributed by atoms with Crippen LogP contribution in [0, 0.1) is 5.92 Å². The maximum Gasteiger partial charge on any atom is 0.264 e. The number of amides is 2. The molecule has 0 fully saturated rings. The molecule has 0 radical (unpaired) electrons. The van der Waals surface area contributed by atoms with E-state index in [1.807, 2.05) is 26.8 Å². The van der Waals surface area contributed by atoms with E-state index in [4.69, 9.17) is 21.1 Å². The number of nitrogens with one attached hydrogen (secondary N) is 1. The Bertz CT molecular complexity index is 1470. The lowest BCUT2D eigenvalue weighted by Crippen LogP contribution is -2.52. The number of anilines is 1. The van der Waals surface area contributed by atoms with Crippen molar-refractivity contribution in [3.63, 3.8) is 0 Å². The first-order valence-electron chi connectivity index (χ1n) is 13.6. The number of halogens is 1. The van der Waals surface area contributed by atoms with Crippen LogP contribution in [-0.2, 0) is 26.2 Å². The quantitative estimate of drug-likeness (QED) is 0.270. The molecule has 3 rings (SSSR count). The Labute approximate surface area is 253 Å². The first-order chi connectivity index (χ1) is 20.0. The number of ether oxygens (including phenoxy) is 2. The topological polar surface area (TPSA) is 105 Å². The van der Waals surface area contributed by atoms with Crippen molar-refractivity contribution in [2.45, 2.75) is 44.7 Å². The van der Waals surface area contributed by atoms with Gasteiger partial charge in [-0.3, -0.25) is 13.9 Å². The number of hydrogen-bond donors (Lipinski definition) is 1. The van der Waals surface area contributed by atoms with E-state index in [0.717, 1.165) is 9.87 Å². The molecule has 0 heterocycles. The third kappa shape index (κ3) is 8.17. The fraction of sp³-hybridized carbons (Fsp3) is 0.355. The largest absolute Gasteiger partial charge is 0.497 e. The van der Waals surface area contributed by atoms with Crippen LogP contribution in [-0.4, -0.2) is 58.5 Å². The Hall–Kier alpha value is -3.76. The molecule has 0 spiro atoms. The Morgan fingerprint density at radius 2 is 1.67 bits per heavy atom. The molecular weight excluding hydrogens is 578 g/mol. The van der Waals surface area contributed by atoms with Crippen LogP contribution < -0.4 is 19.1 Å². The maximum absolute atomic E-state index is 14.2. The van der Waals surface area contributed by atoms with E-state index >= 15 is 0 Å². The lowest BCUT2D eigenvalue weighted by Gasteiger charge is -2.33. The zero-order chi connectivity index (χ0) is 30.9. The Morgan fingerprint density at radius 3 is 2.26 bits per heavy atom. The van der Waals surface area contributed by atoms with Gasteiger partial charge in [-0.05, 0) is 60.4 Å². The smallest absolute Gasteiger partial charge is 0.264 e. The summed E-state index contributed by atoms with van der Waals surface area (Å²) in [5.41, 5.74) is 0.902. The van der Waals surface area contributed by atoms with E-state index in [1.54, 1.807) is 43.5 Å². The minimum absolute atomic E-state index is 0.00537. The van der Waals surface area contributed by atoms with E-state index in [9.17, 15) is 18.0 Å². The van der Waals surface area contributed by atoms with Gasteiger partial charge in [-0.2, -0.15) is 0 Å². The number of methoxy groups -OCH3 is 2. The first kappa shape index (κ1) is 32.8. The van der Waals surface area contributed by atoms with E-state index < -0.39 is 28.5 Å². The summed E-state index contributed by atoms with van der Waals surface area (Å²) in [7, 11) is -1.21. The number of carbonyl (C=O) groups is 2. The standard InChI is InChI=1S/C31H38ClN3O6S/c1-6-28(31(37)33-19-22(2)3)34(20-23-11-10-12-25(17-23)40-4)30(36)21-35(24-15-16-29(41-5)27(32)18-24)42(38,39)26-13-8-7-9-14-26/h7-18,22,28H,6,19-21H2,1-5H3,(H,33,37)/t28-/m1/s1. The van der Waals surface area contributed by atoms with Gasteiger partial charge in [0.2, 0.25) is 11.8 Å². The third-order valence-corrected chi connectivity index (χ3v) is 8.67. The Kier molecular flexibility index (Phi) is 11.6. The summed E-state index contributed by atoms with van der Waals surface area (Å²) in [4.78, 5) is 28.9. The summed E-state index contributed by atoms with van der Waals surface area (Å²) in [5, 5.41) is 3.10. The van der Waals surface area contributed by atoms with Gasteiger partial charge in [0, 0.05) is 13.1 Å². The monoisotopic (exact) mass is 615 g/mol. The zero-order valence-corrected chi connectivity index (χ0v) is 26.1. The molecule has 0 aliphatic carbocycles. The molecule has 11 heteroatoms. The lowest BCUT2D eigenvalue weighted by molar-refractivity contribution is -0.140. The SMILES string of the molecule is CC[C@H](C(=O)NCC(C)C)N(Cc1cccc(OC)c1)C(=O)CN(c1ccc(OC)c(Cl)c1)S(=O)(=O)c1ccccc1. The van der Waals surface area contributed by atoms with Crippen molar-refractivity contribution in [3.05, 3.63) is 83.4 Å². The molecule has 9 nitrogen and oxygen atoms in total. The third-order valence-electron chi connectivity index (χ3n) is 6.59. The van der Waals surface area contributed by atoms with Gasteiger partial charge in [0.1, 0.15) is 24.1 Å². The van der Waals surface area contributed by atoms with Gasteiger partial charge in [-0.1, -0.05) is 62.7 Å². The van der Waals surface area contributed by atoms with E-state index in [-0.39, 0.29) is 34.0 Å². The molecule has 0 aliphatic heterocycles. The molecule has 0 aliphatic rings. The van der Waals surface area contributed by atoms with Crippen molar-refractivity contribution in [3.8, 4) is 11.5 Å². The van der Waals surface area contributed by atoms with Gasteiger partial charge in [-0.25, -0.2) is 8.42 Å². The van der Waals surface area contributed by atoms with Crippen LogP contribution in [0.15, 0.2) is 77.7 Å². The number of carbonyl (C=O) groups excluding carboxylic acids is 2. The minimum Gasteiger partial charge on any atom is -0.497 e. The summed E-state index contributed by atoms with van der Waals surface area (Å²) >= 11 is 6.37. The van der Waals surface area contributed by atoms with Crippen LogP contribution in [0.25, 0.3) is 0 Å². The van der Waals surface area contributed by atoms with E-state index in [0.29, 0.717) is 24.5 Å². The predicted octanol–water partition coefficient (Wildman–Crippen LogP) is 5.13. The van der Waals surface area contributed by atoms with Crippen molar-refractivity contribution in [2.24, 2.45) is 5.92 Å². The summed E-state index contributed by atoms with van der Waals surface area (Å²) in [6.45, 7) is 5.70. The van der Waals surface area contributed by atoms with Gasteiger partial charge in [0.05, 0.1) is 29.8 Å². The second-order valence-electron chi connectivity index (χ2n) is 10.1. The summed E-state index contributed by atoms with van der Waals surface area (Å²) in [5.74, 6) is 0.290. The van der Waals surface area contributed by atoms with Gasteiger partial charge in [0.15, 0.2) is 0 Å². The highest BCUT2D eigenvalue weighted by Gasteiger charge is 2.34. The molecule has 0 unspecified atom stereocenters. The number of rotatable bonds is 14. The van der Waals surface area contributed by atoms with Crippen molar-refractivity contribution in [2.75, 3.05) is 31.6 Å². The molecule has 3 aromatic rings. The fourth-order valence-corrected chi connectivity index (χ4v) is 6.05. The highest BCUT2D eigenvalue weighted by molar-refractivity contribution is 7.92. The molecular formula is C31H38ClN3O6S. The molecule has 0 saturated heterocycles. The van der Waals surface area contributed by atoms with Gasteiger partial charge >= 0.3 is 0 Å². The van der Waals surface area contributed by atoms with Crippen LogP contribution in [0.1, 0.15) is 32.8 Å². The predicted molar refractivity (Wildman–Crippen MR) is 164 cm³/mol. The average molecular weight is 616 g/mol. The molecule has 1 atom stereocenters. The van der Waals surface area contributed by atoms with Gasteiger partial charge in [0.25, 0.3) is 10.0 Å². The molecule has 3 aromatic carbocycles. The van der Waals surface area contributed by atoms with Crippen LogP contribution in [0.3, 0.4) is 0 Å². The lowest BCUT2D eigenvalue weighted by atomic mass is 10.1. The highest BCUT2D eigenvalue weighted by Crippen LogP contribution is 2.32. The molecule has 226 valence electrons. The Morgan fingerprint density at radius 1 is 0.952 bits per heavy atom. The molecule has 42 heavy (non-hydrogen) atoms. The molecule has 0 aromatic heterocycles.